The van der Waals surface area contributed by atoms with Crippen molar-refractivity contribution in [1.82, 2.24) is 20.6 Å². The molecule has 8 nitrogen and oxygen atoms in total. The van der Waals surface area contributed by atoms with Crippen molar-refractivity contribution in [3.63, 3.8) is 0 Å². The fraction of sp³-hybridized carbons (Fsp3) is 0.647. The molecule has 0 aromatic carbocycles. The highest BCUT2D eigenvalue weighted by Gasteiger charge is 2.24. The highest BCUT2D eigenvalue weighted by molar-refractivity contribution is 5.90. The van der Waals surface area contributed by atoms with Gasteiger partial charge in [-0.25, -0.2) is 4.98 Å². The van der Waals surface area contributed by atoms with Crippen LogP contribution in [-0.4, -0.2) is 44.9 Å². The Kier molecular flexibility index (Phi) is 9.28. The summed E-state index contributed by atoms with van der Waals surface area (Å²) in [6.45, 7) is 3.51. The zero-order valence-electron chi connectivity index (χ0n) is 14.9. The number of hydrogen-bond donors (Lipinski definition) is 4. The van der Waals surface area contributed by atoms with Crippen LogP contribution in [0.5, 0.6) is 0 Å². The summed E-state index contributed by atoms with van der Waals surface area (Å²) in [5.41, 5.74) is 0.686. The van der Waals surface area contributed by atoms with Gasteiger partial charge >= 0.3 is 5.97 Å². The van der Waals surface area contributed by atoms with Crippen LogP contribution in [0.2, 0.25) is 0 Å². The molecule has 0 aliphatic rings. The number of amides is 2. The Morgan fingerprint density at radius 2 is 1.92 bits per heavy atom. The molecule has 0 bridgehead atoms. The van der Waals surface area contributed by atoms with Crippen LogP contribution in [-0.2, 0) is 20.8 Å². The number of rotatable bonds is 12. The number of nitrogens with zero attached hydrogens (tertiary/aromatic N) is 1. The van der Waals surface area contributed by atoms with Crippen molar-refractivity contribution in [3.8, 4) is 0 Å². The average Bonchev–Trinajstić information content (AvgIpc) is 3.07. The van der Waals surface area contributed by atoms with E-state index in [-0.39, 0.29) is 12.3 Å². The number of carbonyl (C=O) groups excluding carboxylic acids is 2. The van der Waals surface area contributed by atoms with Gasteiger partial charge in [-0.15, -0.1) is 0 Å². The number of carbonyl (C=O) groups is 3. The molecule has 2 atom stereocenters. The van der Waals surface area contributed by atoms with E-state index in [4.69, 9.17) is 5.11 Å². The Balaban J connectivity index is 2.56. The van der Waals surface area contributed by atoms with Crippen molar-refractivity contribution in [2.24, 2.45) is 0 Å². The number of aromatic nitrogens is 2. The molecular formula is C17H28N4O4. The lowest BCUT2D eigenvalue weighted by molar-refractivity contribution is -0.141. The van der Waals surface area contributed by atoms with E-state index in [1.54, 1.807) is 6.20 Å². The lowest BCUT2D eigenvalue weighted by Crippen LogP contribution is -2.51. The third kappa shape index (κ3) is 8.32. The van der Waals surface area contributed by atoms with Gasteiger partial charge in [0.15, 0.2) is 0 Å². The number of carboxylic acid groups (broad SMARTS) is 1. The van der Waals surface area contributed by atoms with Gasteiger partial charge in [0, 0.05) is 24.7 Å². The molecule has 0 aliphatic heterocycles. The third-order valence-corrected chi connectivity index (χ3v) is 3.87. The molecule has 2 amide bonds. The topological polar surface area (TPSA) is 124 Å². The Hall–Kier alpha value is -2.38. The molecule has 1 aromatic rings. The number of nitrogens with one attached hydrogen (secondary N) is 3. The summed E-state index contributed by atoms with van der Waals surface area (Å²) in [6.07, 6.45) is 8.77. The van der Waals surface area contributed by atoms with Gasteiger partial charge in [-0.1, -0.05) is 32.6 Å². The maximum atomic E-state index is 12.3. The quantitative estimate of drug-likeness (QED) is 0.423. The number of aliphatic carboxylic acids is 1. The van der Waals surface area contributed by atoms with Crippen LogP contribution in [0.4, 0.5) is 0 Å². The molecule has 8 heteroatoms. The number of imidazole rings is 1. The SMILES string of the molecule is CCCCCCCC(=O)N[C@H](Cc1cnc[nH]1)C(=O)N[C@@H](C)C(=O)O. The fourth-order valence-electron chi connectivity index (χ4n) is 2.36. The standard InChI is InChI=1S/C17H28N4O4/c1-3-4-5-6-7-8-15(22)21-14(9-13-10-18-11-19-13)16(23)20-12(2)17(24)25/h10-12,14H,3-9H2,1-2H3,(H,18,19)(H,20,23)(H,21,22)(H,24,25)/t12-,14+/m0/s1. The number of aromatic amines is 1. The predicted molar refractivity (Wildman–Crippen MR) is 92.8 cm³/mol. The average molecular weight is 352 g/mol. The largest absolute Gasteiger partial charge is 0.480 e. The van der Waals surface area contributed by atoms with E-state index in [1.165, 1.54) is 13.3 Å². The van der Waals surface area contributed by atoms with E-state index in [0.717, 1.165) is 32.1 Å². The summed E-state index contributed by atoms with van der Waals surface area (Å²) >= 11 is 0. The van der Waals surface area contributed by atoms with Crippen LogP contribution in [0.15, 0.2) is 12.5 Å². The summed E-state index contributed by atoms with van der Waals surface area (Å²) in [6, 6.07) is -1.87. The first-order chi connectivity index (χ1) is 11.9. The molecule has 4 N–H and O–H groups in total. The minimum Gasteiger partial charge on any atom is -0.480 e. The van der Waals surface area contributed by atoms with Crippen molar-refractivity contribution in [3.05, 3.63) is 18.2 Å². The lowest BCUT2D eigenvalue weighted by atomic mass is 10.1. The van der Waals surface area contributed by atoms with E-state index in [1.807, 2.05) is 0 Å². The fourth-order valence-corrected chi connectivity index (χ4v) is 2.36. The van der Waals surface area contributed by atoms with Crippen LogP contribution in [0.3, 0.4) is 0 Å². The minimum absolute atomic E-state index is 0.209. The molecule has 140 valence electrons. The first-order valence-corrected chi connectivity index (χ1v) is 8.73. The monoisotopic (exact) mass is 352 g/mol. The molecule has 1 heterocycles. The van der Waals surface area contributed by atoms with Crippen LogP contribution >= 0.6 is 0 Å². The molecule has 25 heavy (non-hydrogen) atoms. The van der Waals surface area contributed by atoms with Crippen molar-refractivity contribution >= 4 is 17.8 Å². The maximum Gasteiger partial charge on any atom is 0.325 e. The van der Waals surface area contributed by atoms with Crippen LogP contribution in [0, 0.1) is 0 Å². The Bertz CT molecular complexity index is 545. The van der Waals surface area contributed by atoms with Gasteiger partial charge in [0.2, 0.25) is 11.8 Å². The van der Waals surface area contributed by atoms with E-state index >= 15 is 0 Å². The summed E-state index contributed by atoms with van der Waals surface area (Å²) in [7, 11) is 0. The highest BCUT2D eigenvalue weighted by Crippen LogP contribution is 2.06. The summed E-state index contributed by atoms with van der Waals surface area (Å²) in [4.78, 5) is 42.1. The van der Waals surface area contributed by atoms with E-state index < -0.39 is 24.0 Å². The molecule has 0 fully saturated rings. The Morgan fingerprint density at radius 1 is 1.20 bits per heavy atom. The van der Waals surface area contributed by atoms with Crippen molar-refractivity contribution < 1.29 is 19.5 Å². The normalized spacial score (nSPS) is 13.0. The van der Waals surface area contributed by atoms with Crippen LogP contribution in [0.1, 0.15) is 58.1 Å². The zero-order chi connectivity index (χ0) is 18.7. The maximum absolute atomic E-state index is 12.3. The third-order valence-electron chi connectivity index (χ3n) is 3.87. The molecule has 1 rings (SSSR count). The second kappa shape index (κ2) is 11.2. The molecule has 0 saturated heterocycles. The Morgan fingerprint density at radius 3 is 2.52 bits per heavy atom. The minimum atomic E-state index is -1.13. The van der Waals surface area contributed by atoms with Gasteiger partial charge in [-0.3, -0.25) is 14.4 Å². The number of H-pyrrole nitrogens is 1. The molecule has 0 radical (unpaired) electrons. The second-order valence-corrected chi connectivity index (χ2v) is 6.13. The van der Waals surface area contributed by atoms with E-state index in [9.17, 15) is 14.4 Å². The first kappa shape index (κ1) is 20.7. The highest BCUT2D eigenvalue weighted by atomic mass is 16.4. The van der Waals surface area contributed by atoms with Gasteiger partial charge in [0.1, 0.15) is 12.1 Å². The van der Waals surface area contributed by atoms with Crippen molar-refractivity contribution in [2.75, 3.05) is 0 Å². The van der Waals surface area contributed by atoms with Gasteiger partial charge in [0.25, 0.3) is 0 Å². The van der Waals surface area contributed by atoms with Crippen LogP contribution in [0.25, 0.3) is 0 Å². The number of carboxylic acids is 1. The molecular weight excluding hydrogens is 324 g/mol. The summed E-state index contributed by atoms with van der Waals surface area (Å²) < 4.78 is 0. The smallest absolute Gasteiger partial charge is 0.325 e. The molecule has 0 spiro atoms. The molecule has 0 unspecified atom stereocenters. The predicted octanol–water partition coefficient (Wildman–Crippen LogP) is 1.39. The van der Waals surface area contributed by atoms with Crippen LogP contribution < -0.4 is 10.6 Å². The van der Waals surface area contributed by atoms with E-state index in [2.05, 4.69) is 27.5 Å². The molecule has 0 aliphatic carbocycles. The van der Waals surface area contributed by atoms with Crippen molar-refractivity contribution in [1.29, 1.82) is 0 Å². The summed E-state index contributed by atoms with van der Waals surface area (Å²) in [5.74, 6) is -1.86. The summed E-state index contributed by atoms with van der Waals surface area (Å²) in [5, 5.41) is 14.0. The first-order valence-electron chi connectivity index (χ1n) is 8.73. The van der Waals surface area contributed by atoms with Gasteiger partial charge in [-0.2, -0.15) is 0 Å². The lowest BCUT2D eigenvalue weighted by Gasteiger charge is -2.19. The Labute approximate surface area is 147 Å². The molecule has 1 aromatic heterocycles. The van der Waals surface area contributed by atoms with Gasteiger partial charge < -0.3 is 20.7 Å². The number of unbranched alkanes of at least 4 members (excludes halogenated alkanes) is 4. The number of hydrogen-bond acceptors (Lipinski definition) is 4. The van der Waals surface area contributed by atoms with E-state index in [0.29, 0.717) is 12.1 Å². The van der Waals surface area contributed by atoms with Gasteiger partial charge in [0.05, 0.1) is 6.33 Å². The van der Waals surface area contributed by atoms with Gasteiger partial charge in [-0.05, 0) is 13.3 Å². The zero-order valence-corrected chi connectivity index (χ0v) is 14.9. The second-order valence-electron chi connectivity index (χ2n) is 6.13. The van der Waals surface area contributed by atoms with Crippen molar-refractivity contribution in [2.45, 2.75) is 70.9 Å². The molecule has 0 saturated carbocycles.